The Morgan fingerprint density at radius 3 is 2.11 bits per heavy atom. The first kappa shape index (κ1) is 9.53. The first-order valence-corrected chi connectivity index (χ1v) is 3.77. The van der Waals surface area contributed by atoms with Gasteiger partial charge in [0, 0.05) is 0 Å². The molecule has 0 amide bonds. The molecule has 9 heavy (non-hydrogen) atoms. The number of carboxylic acids is 1. The molecule has 1 N–H and O–H groups in total. The van der Waals surface area contributed by atoms with Gasteiger partial charge < -0.3 is 5.11 Å². The zero-order valence-electron chi connectivity index (χ0n) is 4.57. The van der Waals surface area contributed by atoms with E-state index < -0.39 is 15.1 Å². The summed E-state index contributed by atoms with van der Waals surface area (Å²) in [6.45, 7) is 1.41. The first-order valence-electron chi connectivity index (χ1n) is 2.10. The van der Waals surface area contributed by atoms with Crippen LogP contribution in [0.15, 0.2) is 0 Å². The molecule has 0 bridgehead atoms. The van der Waals surface area contributed by atoms with Crippen molar-refractivity contribution in [1.82, 2.24) is 0 Å². The molecule has 5 heteroatoms. The topological polar surface area (TPSA) is 37.3 Å². The van der Waals surface area contributed by atoms with Gasteiger partial charge in [-0.05, 0) is 6.92 Å². The van der Waals surface area contributed by atoms with Crippen molar-refractivity contribution in [2.45, 2.75) is 16.1 Å². The van der Waals surface area contributed by atoms with E-state index in [2.05, 4.69) is 15.9 Å². The molecule has 0 heterocycles. The van der Waals surface area contributed by atoms with Crippen LogP contribution in [0, 0.1) is 0 Å². The average molecular weight is 236 g/mol. The summed E-state index contributed by atoms with van der Waals surface area (Å²) in [7, 11) is 0. The van der Waals surface area contributed by atoms with Crippen LogP contribution in [0.4, 0.5) is 0 Å². The Kier molecular flexibility index (Phi) is 3.26. The quantitative estimate of drug-likeness (QED) is 0.744. The fourth-order valence-corrected chi connectivity index (χ4v) is 0.403. The van der Waals surface area contributed by atoms with E-state index in [0.29, 0.717) is 0 Å². The number of halogens is 3. The minimum atomic E-state index is -1.26. The van der Waals surface area contributed by atoms with Gasteiger partial charge >= 0.3 is 5.97 Å². The van der Waals surface area contributed by atoms with Crippen molar-refractivity contribution in [2.24, 2.45) is 0 Å². The van der Waals surface area contributed by atoms with Crippen LogP contribution >= 0.6 is 39.1 Å². The highest BCUT2D eigenvalue weighted by Crippen LogP contribution is 2.29. The molecule has 0 spiro atoms. The van der Waals surface area contributed by atoms with Gasteiger partial charge in [-0.25, -0.2) is 0 Å². The maximum absolute atomic E-state index is 10.1. The summed E-state index contributed by atoms with van der Waals surface area (Å²) in [5, 5.41) is 8.30. The summed E-state index contributed by atoms with van der Waals surface area (Å²) in [4.78, 5) is 9.21. The van der Waals surface area contributed by atoms with Crippen molar-refractivity contribution in [3.05, 3.63) is 0 Å². The van der Waals surface area contributed by atoms with Crippen molar-refractivity contribution in [2.75, 3.05) is 0 Å². The maximum atomic E-state index is 10.1. The Morgan fingerprint density at radius 2 is 2.11 bits per heavy atom. The van der Waals surface area contributed by atoms with E-state index in [1.54, 1.807) is 0 Å². The van der Waals surface area contributed by atoms with Crippen molar-refractivity contribution >= 4 is 45.1 Å². The molecule has 0 aliphatic rings. The second kappa shape index (κ2) is 3.08. The summed E-state index contributed by atoms with van der Waals surface area (Å²) >= 11 is 13.6. The lowest BCUT2D eigenvalue weighted by Gasteiger charge is -2.15. The van der Waals surface area contributed by atoms with Gasteiger partial charge in [0.15, 0.2) is 0 Å². The summed E-state index contributed by atoms with van der Waals surface area (Å²) in [5.41, 5.74) is 0. The molecular weight excluding hydrogens is 231 g/mol. The van der Waals surface area contributed by atoms with Crippen LogP contribution in [0.3, 0.4) is 0 Å². The summed E-state index contributed by atoms with van der Waals surface area (Å²) in [6.07, 6.45) is 0. The molecule has 0 rings (SSSR count). The lowest BCUT2D eigenvalue weighted by molar-refractivity contribution is -0.136. The predicted octanol–water partition coefficient (Wildman–Crippen LogP) is 2.03. The highest BCUT2D eigenvalue weighted by atomic mass is 79.9. The third-order valence-electron chi connectivity index (χ3n) is 0.662. The van der Waals surface area contributed by atoms with Crippen LogP contribution in [0.1, 0.15) is 6.92 Å². The van der Waals surface area contributed by atoms with E-state index in [1.165, 1.54) is 6.92 Å². The summed E-state index contributed by atoms with van der Waals surface area (Å²) in [5.74, 6) is -1.07. The number of rotatable bonds is 2. The summed E-state index contributed by atoms with van der Waals surface area (Å²) in [6, 6.07) is 0. The molecule has 0 saturated carbocycles. The highest BCUT2D eigenvalue weighted by Gasteiger charge is 2.33. The van der Waals surface area contributed by atoms with Crippen LogP contribution in [0.5, 0.6) is 0 Å². The van der Waals surface area contributed by atoms with Gasteiger partial charge in [0.1, 0.15) is 9.16 Å². The Hall–Kier alpha value is 0.530. The Balaban J connectivity index is 4.04. The molecule has 0 radical (unpaired) electrons. The molecule has 0 saturated heterocycles. The molecule has 1 unspecified atom stereocenters. The molecule has 2 nitrogen and oxygen atoms in total. The fourth-order valence-electron chi connectivity index (χ4n) is 0.217. The molecule has 0 aromatic rings. The van der Waals surface area contributed by atoms with Crippen LogP contribution in [-0.4, -0.2) is 20.2 Å². The third-order valence-corrected chi connectivity index (χ3v) is 2.93. The van der Waals surface area contributed by atoms with E-state index in [0.717, 1.165) is 0 Å². The Labute approximate surface area is 71.3 Å². The second-order valence-corrected chi connectivity index (χ2v) is 4.34. The molecule has 0 fully saturated rings. The zero-order valence-corrected chi connectivity index (χ0v) is 7.66. The van der Waals surface area contributed by atoms with Crippen molar-refractivity contribution < 1.29 is 9.90 Å². The molecule has 1 atom stereocenters. The second-order valence-electron chi connectivity index (χ2n) is 1.66. The Morgan fingerprint density at radius 1 is 1.78 bits per heavy atom. The number of carbonyl (C=O) groups is 1. The van der Waals surface area contributed by atoms with Gasteiger partial charge in [0.2, 0.25) is 0 Å². The SMILES string of the molecule is CC(Cl)(Cl)C(Br)C(=O)O. The third kappa shape index (κ3) is 3.28. The number of alkyl halides is 3. The van der Waals surface area contributed by atoms with Crippen molar-refractivity contribution in [3.63, 3.8) is 0 Å². The lowest BCUT2D eigenvalue weighted by atomic mass is 10.3. The number of carboxylic acid groups (broad SMARTS) is 1. The lowest BCUT2D eigenvalue weighted by Crippen LogP contribution is -2.29. The minimum absolute atomic E-state index is 0.923. The highest BCUT2D eigenvalue weighted by molar-refractivity contribution is 9.10. The largest absolute Gasteiger partial charge is 0.480 e. The standard InChI is InChI=1S/C4H5BrCl2O2/c1-4(6,7)2(5)3(8)9/h2H,1H3,(H,8,9). The van der Waals surface area contributed by atoms with E-state index >= 15 is 0 Å². The molecule has 0 aromatic heterocycles. The fraction of sp³-hybridized carbons (Fsp3) is 0.750. The number of hydrogen-bond acceptors (Lipinski definition) is 1. The van der Waals surface area contributed by atoms with Gasteiger partial charge in [-0.3, -0.25) is 4.79 Å². The molecule has 0 aliphatic carbocycles. The molecule has 0 aromatic carbocycles. The van der Waals surface area contributed by atoms with E-state index in [1.807, 2.05) is 0 Å². The predicted molar refractivity (Wildman–Crippen MR) is 40.5 cm³/mol. The smallest absolute Gasteiger partial charge is 0.320 e. The minimum Gasteiger partial charge on any atom is -0.480 e. The van der Waals surface area contributed by atoms with Gasteiger partial charge in [-0.15, -0.1) is 23.2 Å². The zero-order chi connectivity index (χ0) is 7.65. The molecule has 54 valence electrons. The van der Waals surface area contributed by atoms with Gasteiger partial charge in [-0.2, -0.15) is 0 Å². The van der Waals surface area contributed by atoms with Crippen LogP contribution in [-0.2, 0) is 4.79 Å². The average Bonchev–Trinajstić information content (AvgIpc) is 1.62. The van der Waals surface area contributed by atoms with E-state index in [-0.39, 0.29) is 0 Å². The van der Waals surface area contributed by atoms with Gasteiger partial charge in [-0.1, -0.05) is 15.9 Å². The van der Waals surface area contributed by atoms with Crippen LogP contribution in [0.25, 0.3) is 0 Å². The molecule has 0 aliphatic heterocycles. The number of hydrogen-bond donors (Lipinski definition) is 1. The number of aliphatic carboxylic acids is 1. The first-order chi connectivity index (χ1) is 3.85. The van der Waals surface area contributed by atoms with Crippen LogP contribution < -0.4 is 0 Å². The maximum Gasteiger partial charge on any atom is 0.320 e. The monoisotopic (exact) mass is 234 g/mol. The van der Waals surface area contributed by atoms with Gasteiger partial charge in [0.05, 0.1) is 0 Å². The van der Waals surface area contributed by atoms with Gasteiger partial charge in [0.25, 0.3) is 0 Å². The van der Waals surface area contributed by atoms with Crippen molar-refractivity contribution in [1.29, 1.82) is 0 Å². The van der Waals surface area contributed by atoms with Crippen LogP contribution in [0.2, 0.25) is 0 Å². The van der Waals surface area contributed by atoms with E-state index in [9.17, 15) is 4.79 Å². The Bertz CT molecular complexity index is 120. The van der Waals surface area contributed by atoms with Crippen molar-refractivity contribution in [3.8, 4) is 0 Å². The summed E-state index contributed by atoms with van der Waals surface area (Å²) < 4.78 is -1.26. The molecular formula is C4H5BrCl2O2. The van der Waals surface area contributed by atoms with E-state index in [4.69, 9.17) is 28.3 Å². The normalized spacial score (nSPS) is 15.1.